The molecule has 0 radical (unpaired) electrons. The van der Waals surface area contributed by atoms with Gasteiger partial charge in [0.2, 0.25) is 0 Å². The Balaban J connectivity index is 2.02. The average molecular weight is 309 g/mol. The lowest BCUT2D eigenvalue weighted by atomic mass is 9.77. The first-order chi connectivity index (χ1) is 8.53. The third-order valence-electron chi connectivity index (χ3n) is 4.05. The molecule has 1 aromatic carbocycles. The largest absolute Gasteiger partial charge is 0.324 e. The molecule has 1 fully saturated rings. The number of imide groups is 1. The zero-order valence-corrected chi connectivity index (χ0v) is 11.6. The Labute approximate surface area is 113 Å². The number of nitrogens with zero attached hydrogens (tertiary/aromatic N) is 1. The van der Waals surface area contributed by atoms with Crippen LogP contribution in [0.2, 0.25) is 0 Å². The van der Waals surface area contributed by atoms with Crippen molar-refractivity contribution in [2.75, 3.05) is 7.05 Å². The minimum absolute atomic E-state index is 0.163. The molecule has 18 heavy (non-hydrogen) atoms. The molecule has 1 aliphatic carbocycles. The number of carbonyl (C=O) groups excluding carboxylic acids is 2. The molecule has 1 N–H and O–H groups in total. The first-order valence-electron chi connectivity index (χ1n) is 5.89. The molecule has 0 unspecified atom stereocenters. The lowest BCUT2D eigenvalue weighted by molar-refractivity contribution is -0.126. The summed E-state index contributed by atoms with van der Waals surface area (Å²) in [5.74, 6) is -0.163. The zero-order chi connectivity index (χ0) is 12.9. The maximum Gasteiger partial charge on any atom is 0.324 e. The van der Waals surface area contributed by atoms with Crippen molar-refractivity contribution in [3.05, 3.63) is 33.8 Å². The monoisotopic (exact) mass is 308 g/mol. The van der Waals surface area contributed by atoms with Gasteiger partial charge in [0.05, 0.1) is 0 Å². The number of rotatable bonds is 0. The van der Waals surface area contributed by atoms with Crippen LogP contribution >= 0.6 is 15.9 Å². The van der Waals surface area contributed by atoms with E-state index in [9.17, 15) is 9.59 Å². The number of hydrogen-bond donors (Lipinski definition) is 1. The van der Waals surface area contributed by atoms with Gasteiger partial charge in [0.1, 0.15) is 5.54 Å². The predicted octanol–water partition coefficient (Wildman–Crippen LogP) is 1.86. The van der Waals surface area contributed by atoms with Crippen molar-refractivity contribution in [3.8, 4) is 0 Å². The number of halogens is 1. The van der Waals surface area contributed by atoms with Gasteiger partial charge < -0.3 is 4.90 Å². The number of hydrogen-bond acceptors (Lipinski definition) is 2. The molecule has 1 atom stereocenters. The van der Waals surface area contributed by atoms with Gasteiger partial charge in [-0.05, 0) is 36.1 Å². The van der Waals surface area contributed by atoms with Gasteiger partial charge in [-0.25, -0.2) is 4.79 Å². The molecule has 1 aromatic rings. The highest BCUT2D eigenvalue weighted by molar-refractivity contribution is 9.10. The lowest BCUT2D eigenvalue weighted by Crippen LogP contribution is -2.51. The van der Waals surface area contributed by atoms with Crippen LogP contribution in [0.15, 0.2) is 22.7 Å². The van der Waals surface area contributed by atoms with E-state index in [1.165, 1.54) is 5.56 Å². The Morgan fingerprint density at radius 3 is 2.78 bits per heavy atom. The fourth-order valence-corrected chi connectivity index (χ4v) is 3.28. The molecule has 5 heteroatoms. The first-order valence-corrected chi connectivity index (χ1v) is 6.69. The van der Waals surface area contributed by atoms with Crippen molar-refractivity contribution >= 4 is 27.9 Å². The molecule has 0 bridgehead atoms. The first kappa shape index (κ1) is 11.7. The lowest BCUT2D eigenvalue weighted by Gasteiger charge is -2.37. The van der Waals surface area contributed by atoms with Gasteiger partial charge in [-0.3, -0.25) is 10.1 Å². The van der Waals surface area contributed by atoms with Gasteiger partial charge in [0.25, 0.3) is 5.91 Å². The number of amides is 3. The van der Waals surface area contributed by atoms with Crippen LogP contribution in [0, 0.1) is 0 Å². The molecule has 0 saturated carbocycles. The van der Waals surface area contributed by atoms with Crippen molar-refractivity contribution < 1.29 is 9.59 Å². The van der Waals surface area contributed by atoms with Gasteiger partial charge in [-0.15, -0.1) is 0 Å². The molecule has 3 rings (SSSR count). The Morgan fingerprint density at radius 2 is 2.11 bits per heavy atom. The quantitative estimate of drug-likeness (QED) is 0.744. The summed E-state index contributed by atoms with van der Waals surface area (Å²) in [6.07, 6.45) is 2.11. The van der Waals surface area contributed by atoms with E-state index in [1.54, 1.807) is 11.9 Å². The summed E-state index contributed by atoms with van der Waals surface area (Å²) in [5, 5.41) is 2.41. The number of likely N-dealkylation sites (N-methyl/N-ethyl adjacent to an activating group) is 1. The molecule has 4 nitrogen and oxygen atoms in total. The second-order valence-corrected chi connectivity index (χ2v) is 5.86. The minimum atomic E-state index is -0.683. The van der Waals surface area contributed by atoms with E-state index in [0.717, 1.165) is 16.5 Å². The van der Waals surface area contributed by atoms with Crippen LogP contribution in [0.3, 0.4) is 0 Å². The summed E-state index contributed by atoms with van der Waals surface area (Å²) in [4.78, 5) is 25.2. The molecule has 1 aliphatic heterocycles. The topological polar surface area (TPSA) is 49.4 Å². The summed E-state index contributed by atoms with van der Waals surface area (Å²) >= 11 is 3.45. The van der Waals surface area contributed by atoms with Crippen LogP contribution < -0.4 is 5.32 Å². The summed E-state index contributed by atoms with van der Waals surface area (Å²) < 4.78 is 1.05. The summed E-state index contributed by atoms with van der Waals surface area (Å²) in [5.41, 5.74) is 1.73. The standard InChI is InChI=1S/C13H13BrN2O2/c1-16-12(18)15-11(17)13(16)5-4-8-6-10(14)3-2-9(8)7-13/h2-3,6H,4-5,7H2,1H3,(H,15,17,18)/t13-/m1/s1. The highest BCUT2D eigenvalue weighted by Gasteiger charge is 2.52. The van der Waals surface area contributed by atoms with Crippen LogP contribution in [0.25, 0.3) is 0 Å². The number of fused-ring (bicyclic) bond motifs is 1. The molecular formula is C13H13BrN2O2. The van der Waals surface area contributed by atoms with E-state index in [0.29, 0.717) is 12.8 Å². The van der Waals surface area contributed by atoms with Crippen LogP contribution in [-0.2, 0) is 17.6 Å². The van der Waals surface area contributed by atoms with Crippen LogP contribution in [0.4, 0.5) is 4.79 Å². The van der Waals surface area contributed by atoms with Gasteiger partial charge in [-0.2, -0.15) is 0 Å². The summed E-state index contributed by atoms with van der Waals surface area (Å²) in [6, 6.07) is 5.81. The SMILES string of the molecule is CN1C(=O)NC(=O)[C@]12CCc1cc(Br)ccc1C2. The summed E-state index contributed by atoms with van der Waals surface area (Å²) in [6.45, 7) is 0. The minimum Gasteiger partial charge on any atom is -0.312 e. The molecular weight excluding hydrogens is 296 g/mol. The number of urea groups is 1. The normalized spacial score (nSPS) is 26.4. The molecule has 1 spiro atoms. The smallest absolute Gasteiger partial charge is 0.312 e. The van der Waals surface area contributed by atoms with E-state index in [2.05, 4.69) is 27.3 Å². The van der Waals surface area contributed by atoms with Crippen molar-refractivity contribution in [2.24, 2.45) is 0 Å². The number of carbonyl (C=O) groups is 2. The maximum absolute atomic E-state index is 12.1. The fourth-order valence-electron chi connectivity index (χ4n) is 2.87. The van der Waals surface area contributed by atoms with Gasteiger partial charge in [0.15, 0.2) is 0 Å². The molecule has 1 heterocycles. The Morgan fingerprint density at radius 1 is 1.33 bits per heavy atom. The van der Waals surface area contributed by atoms with E-state index in [-0.39, 0.29) is 11.9 Å². The van der Waals surface area contributed by atoms with Crippen molar-refractivity contribution in [2.45, 2.75) is 24.8 Å². The van der Waals surface area contributed by atoms with E-state index in [4.69, 9.17) is 0 Å². The molecule has 94 valence electrons. The van der Waals surface area contributed by atoms with Crippen molar-refractivity contribution in [1.29, 1.82) is 0 Å². The zero-order valence-electron chi connectivity index (χ0n) is 10.00. The van der Waals surface area contributed by atoms with Gasteiger partial charge in [-0.1, -0.05) is 22.0 Å². The van der Waals surface area contributed by atoms with Crippen molar-refractivity contribution in [1.82, 2.24) is 10.2 Å². The molecule has 3 amide bonds. The maximum atomic E-state index is 12.1. The van der Waals surface area contributed by atoms with Crippen molar-refractivity contribution in [3.63, 3.8) is 0 Å². The van der Waals surface area contributed by atoms with Crippen LogP contribution in [0.1, 0.15) is 17.5 Å². The molecule has 1 saturated heterocycles. The number of benzene rings is 1. The van der Waals surface area contributed by atoms with Crippen LogP contribution in [0.5, 0.6) is 0 Å². The third-order valence-corrected chi connectivity index (χ3v) is 4.54. The van der Waals surface area contributed by atoms with E-state index >= 15 is 0 Å². The van der Waals surface area contributed by atoms with Crippen LogP contribution in [-0.4, -0.2) is 29.4 Å². The van der Waals surface area contributed by atoms with Gasteiger partial charge in [0, 0.05) is 17.9 Å². The molecule has 0 aromatic heterocycles. The highest BCUT2D eigenvalue weighted by atomic mass is 79.9. The number of nitrogens with one attached hydrogen (secondary N) is 1. The fraction of sp³-hybridized carbons (Fsp3) is 0.385. The van der Waals surface area contributed by atoms with E-state index < -0.39 is 5.54 Å². The number of aryl methyl sites for hydroxylation is 1. The Kier molecular flexibility index (Phi) is 2.48. The molecule has 2 aliphatic rings. The second-order valence-electron chi connectivity index (χ2n) is 4.94. The average Bonchev–Trinajstić information content (AvgIpc) is 2.55. The second kappa shape index (κ2) is 3.82. The Bertz CT molecular complexity index is 558. The van der Waals surface area contributed by atoms with Gasteiger partial charge >= 0.3 is 6.03 Å². The Hall–Kier alpha value is -1.36. The summed E-state index contributed by atoms with van der Waals surface area (Å²) in [7, 11) is 1.70. The highest BCUT2D eigenvalue weighted by Crippen LogP contribution is 2.36. The third kappa shape index (κ3) is 1.50. The van der Waals surface area contributed by atoms with E-state index in [1.807, 2.05) is 12.1 Å². The predicted molar refractivity (Wildman–Crippen MR) is 70.2 cm³/mol.